The number of rotatable bonds is 4. The molecule has 1 aromatic carbocycles. The molecular formula is C16H17FN6O. The van der Waals surface area contributed by atoms with Crippen LogP contribution in [0.4, 0.5) is 10.3 Å². The molecule has 0 spiro atoms. The zero-order chi connectivity index (χ0) is 16.5. The fraction of sp³-hybridized carbons (Fsp3) is 0.375. The lowest BCUT2D eigenvalue weighted by atomic mass is 10.2. The van der Waals surface area contributed by atoms with Crippen molar-refractivity contribution in [3.05, 3.63) is 30.2 Å². The van der Waals surface area contributed by atoms with Gasteiger partial charge in [-0.05, 0) is 25.0 Å². The van der Waals surface area contributed by atoms with Crippen LogP contribution in [-0.2, 0) is 0 Å². The maximum absolute atomic E-state index is 14.0. The van der Waals surface area contributed by atoms with E-state index in [1.165, 1.54) is 30.7 Å². The van der Waals surface area contributed by atoms with E-state index in [1.807, 2.05) is 0 Å². The molecular weight excluding hydrogens is 311 g/mol. The molecule has 24 heavy (non-hydrogen) atoms. The van der Waals surface area contributed by atoms with Crippen molar-refractivity contribution in [3.8, 4) is 11.4 Å². The van der Waals surface area contributed by atoms with Crippen molar-refractivity contribution in [1.82, 2.24) is 25.0 Å². The highest BCUT2D eigenvalue weighted by atomic mass is 19.1. The third-order valence-electron chi connectivity index (χ3n) is 4.26. The number of aromatic nitrogens is 5. The minimum atomic E-state index is -0.461. The molecule has 2 heterocycles. The summed E-state index contributed by atoms with van der Waals surface area (Å²) >= 11 is 0. The Balaban J connectivity index is 1.71. The highest BCUT2D eigenvalue weighted by molar-refractivity contribution is 5.72. The van der Waals surface area contributed by atoms with Gasteiger partial charge in [0.15, 0.2) is 22.7 Å². The van der Waals surface area contributed by atoms with Gasteiger partial charge >= 0.3 is 0 Å². The van der Waals surface area contributed by atoms with Crippen molar-refractivity contribution >= 4 is 17.1 Å². The molecule has 124 valence electrons. The lowest BCUT2D eigenvalue weighted by molar-refractivity contribution is 0.386. The van der Waals surface area contributed by atoms with E-state index >= 15 is 0 Å². The summed E-state index contributed by atoms with van der Waals surface area (Å²) in [4.78, 5) is 8.80. The zero-order valence-corrected chi connectivity index (χ0v) is 13.2. The van der Waals surface area contributed by atoms with Gasteiger partial charge in [0.05, 0.1) is 19.0 Å². The van der Waals surface area contributed by atoms with Crippen molar-refractivity contribution in [2.24, 2.45) is 0 Å². The predicted octanol–water partition coefficient (Wildman–Crippen LogP) is 2.71. The molecule has 2 aromatic heterocycles. The molecule has 0 amide bonds. The molecule has 1 N–H and O–H groups in total. The molecule has 4 rings (SSSR count). The lowest BCUT2D eigenvalue weighted by Gasteiger charge is -2.11. The van der Waals surface area contributed by atoms with Crippen molar-refractivity contribution in [1.29, 1.82) is 0 Å². The second-order valence-corrected chi connectivity index (χ2v) is 5.85. The van der Waals surface area contributed by atoms with E-state index in [4.69, 9.17) is 4.74 Å². The number of hydrogen-bond donors (Lipinski definition) is 1. The molecule has 0 saturated heterocycles. The second-order valence-electron chi connectivity index (χ2n) is 5.85. The quantitative estimate of drug-likeness (QED) is 0.793. The van der Waals surface area contributed by atoms with Gasteiger partial charge in [0.2, 0.25) is 5.95 Å². The Labute approximate surface area is 137 Å². The van der Waals surface area contributed by atoms with E-state index in [1.54, 1.807) is 18.3 Å². The van der Waals surface area contributed by atoms with Crippen molar-refractivity contribution in [3.63, 3.8) is 0 Å². The van der Waals surface area contributed by atoms with Gasteiger partial charge in [-0.3, -0.25) is 0 Å². The van der Waals surface area contributed by atoms with Gasteiger partial charge in [-0.1, -0.05) is 18.1 Å². The SMILES string of the molecule is COc1ccc(-n2nnc3cnc(NC4CCCC4)nc32)cc1F. The molecule has 1 fully saturated rings. The number of benzene rings is 1. The van der Waals surface area contributed by atoms with E-state index in [2.05, 4.69) is 25.6 Å². The van der Waals surface area contributed by atoms with Gasteiger partial charge in [0.1, 0.15) is 0 Å². The molecule has 0 unspecified atom stereocenters. The summed E-state index contributed by atoms with van der Waals surface area (Å²) in [7, 11) is 1.43. The zero-order valence-electron chi connectivity index (χ0n) is 13.2. The summed E-state index contributed by atoms with van der Waals surface area (Å²) in [6.45, 7) is 0. The summed E-state index contributed by atoms with van der Waals surface area (Å²) < 4.78 is 20.4. The van der Waals surface area contributed by atoms with Crippen molar-refractivity contribution in [2.45, 2.75) is 31.7 Å². The van der Waals surface area contributed by atoms with Crippen LogP contribution >= 0.6 is 0 Å². The van der Waals surface area contributed by atoms with Gasteiger partial charge < -0.3 is 10.1 Å². The average molecular weight is 328 g/mol. The average Bonchev–Trinajstić information content (AvgIpc) is 3.24. The monoisotopic (exact) mass is 328 g/mol. The van der Waals surface area contributed by atoms with Crippen LogP contribution in [0.1, 0.15) is 25.7 Å². The number of ether oxygens (including phenoxy) is 1. The van der Waals surface area contributed by atoms with Crippen LogP contribution in [-0.4, -0.2) is 38.1 Å². The Morgan fingerprint density at radius 3 is 2.88 bits per heavy atom. The molecule has 7 nitrogen and oxygen atoms in total. The Hall–Kier alpha value is -2.77. The Kier molecular flexibility index (Phi) is 3.72. The third kappa shape index (κ3) is 2.64. The minimum Gasteiger partial charge on any atom is -0.494 e. The molecule has 1 aliphatic carbocycles. The maximum Gasteiger partial charge on any atom is 0.225 e. The van der Waals surface area contributed by atoms with E-state index in [0.717, 1.165) is 12.8 Å². The first-order valence-corrected chi connectivity index (χ1v) is 7.93. The second kappa shape index (κ2) is 6.03. The molecule has 1 saturated carbocycles. The number of anilines is 1. The van der Waals surface area contributed by atoms with E-state index in [9.17, 15) is 4.39 Å². The largest absolute Gasteiger partial charge is 0.494 e. The fourth-order valence-corrected chi connectivity index (χ4v) is 3.01. The summed E-state index contributed by atoms with van der Waals surface area (Å²) in [6, 6.07) is 5.02. The van der Waals surface area contributed by atoms with Crippen LogP contribution in [0, 0.1) is 5.82 Å². The van der Waals surface area contributed by atoms with Crippen molar-refractivity contribution < 1.29 is 9.13 Å². The highest BCUT2D eigenvalue weighted by Gasteiger charge is 2.17. The van der Waals surface area contributed by atoms with Crippen LogP contribution in [0.3, 0.4) is 0 Å². The number of fused-ring (bicyclic) bond motifs is 1. The van der Waals surface area contributed by atoms with Crippen LogP contribution in [0.25, 0.3) is 16.9 Å². The van der Waals surface area contributed by atoms with Gasteiger partial charge in [0, 0.05) is 12.1 Å². The van der Waals surface area contributed by atoms with Gasteiger partial charge in [-0.25, -0.2) is 9.37 Å². The standard InChI is InChI=1S/C16H17FN6O/c1-24-14-7-6-11(8-12(14)17)23-15-13(21-22-23)9-18-16(20-15)19-10-4-2-3-5-10/h6-10H,2-5H2,1H3,(H,18,19,20). The molecule has 0 radical (unpaired) electrons. The number of hydrogen-bond acceptors (Lipinski definition) is 6. The maximum atomic E-state index is 14.0. The number of halogens is 1. The smallest absolute Gasteiger partial charge is 0.225 e. The van der Waals surface area contributed by atoms with E-state index in [-0.39, 0.29) is 5.75 Å². The van der Waals surface area contributed by atoms with Gasteiger partial charge in [-0.2, -0.15) is 9.67 Å². The van der Waals surface area contributed by atoms with Gasteiger partial charge in [-0.15, -0.1) is 5.10 Å². The van der Waals surface area contributed by atoms with E-state index in [0.29, 0.717) is 28.8 Å². The highest BCUT2D eigenvalue weighted by Crippen LogP contribution is 2.23. The van der Waals surface area contributed by atoms with Gasteiger partial charge in [0.25, 0.3) is 0 Å². The van der Waals surface area contributed by atoms with Crippen molar-refractivity contribution in [2.75, 3.05) is 12.4 Å². The molecule has 0 aliphatic heterocycles. The minimum absolute atomic E-state index is 0.182. The topological polar surface area (TPSA) is 77.8 Å². The number of nitrogens with zero attached hydrogens (tertiary/aromatic N) is 5. The normalized spacial score (nSPS) is 15.1. The fourth-order valence-electron chi connectivity index (χ4n) is 3.01. The summed E-state index contributed by atoms with van der Waals surface area (Å²) in [5.74, 6) is 0.269. The molecule has 0 atom stereocenters. The van der Waals surface area contributed by atoms with Crippen LogP contribution in [0.2, 0.25) is 0 Å². The molecule has 8 heteroatoms. The lowest BCUT2D eigenvalue weighted by Crippen LogP contribution is -2.16. The predicted molar refractivity (Wildman–Crippen MR) is 86.8 cm³/mol. The summed E-state index contributed by atoms with van der Waals surface area (Å²) in [5, 5.41) is 11.5. The first-order valence-electron chi connectivity index (χ1n) is 7.93. The van der Waals surface area contributed by atoms with Crippen LogP contribution in [0.15, 0.2) is 24.4 Å². The Morgan fingerprint density at radius 2 is 2.12 bits per heavy atom. The van der Waals surface area contributed by atoms with Crippen LogP contribution in [0.5, 0.6) is 5.75 Å². The first-order chi connectivity index (χ1) is 11.7. The number of nitrogens with one attached hydrogen (secondary N) is 1. The Bertz CT molecular complexity index is 874. The molecule has 0 bridgehead atoms. The van der Waals surface area contributed by atoms with Crippen LogP contribution < -0.4 is 10.1 Å². The summed E-state index contributed by atoms with van der Waals surface area (Å²) in [5.41, 5.74) is 1.62. The summed E-state index contributed by atoms with van der Waals surface area (Å²) in [6.07, 6.45) is 6.34. The number of methoxy groups -OCH3 is 1. The third-order valence-corrected chi connectivity index (χ3v) is 4.26. The molecule has 1 aliphatic rings. The molecule has 3 aromatic rings. The Morgan fingerprint density at radius 1 is 1.29 bits per heavy atom. The first kappa shape index (κ1) is 14.8. The van der Waals surface area contributed by atoms with E-state index < -0.39 is 5.82 Å².